The molecule has 0 heterocycles. The molecule has 0 N–H and O–H groups in total. The van der Waals surface area contributed by atoms with Gasteiger partial charge in [0.15, 0.2) is 0 Å². The zero-order valence-electron chi connectivity index (χ0n) is 10.9. The fourth-order valence-electron chi connectivity index (χ4n) is 1.53. The van der Waals surface area contributed by atoms with Crippen molar-refractivity contribution in [3.05, 3.63) is 42.1 Å². The van der Waals surface area contributed by atoms with Crippen LogP contribution in [0.3, 0.4) is 0 Å². The lowest BCUT2D eigenvalue weighted by Crippen LogP contribution is -2.32. The van der Waals surface area contributed by atoms with E-state index >= 15 is 0 Å². The summed E-state index contributed by atoms with van der Waals surface area (Å²) in [5.74, 6) is -0.870. The quantitative estimate of drug-likeness (QED) is 0.606. The van der Waals surface area contributed by atoms with Gasteiger partial charge in [-0.3, -0.25) is 9.69 Å². The van der Waals surface area contributed by atoms with Crippen LogP contribution in [-0.4, -0.2) is 18.5 Å². The summed E-state index contributed by atoms with van der Waals surface area (Å²) >= 11 is 0. The lowest BCUT2D eigenvalue weighted by atomic mass is 10.2. The second-order valence-corrected chi connectivity index (χ2v) is 3.86. The Morgan fingerprint density at radius 3 is 2.28 bits per heavy atom. The molecule has 0 saturated carbocycles. The molecule has 1 aromatic carbocycles. The largest absolute Gasteiger partial charge is 0.461 e. The first kappa shape index (κ1) is 14.0. The number of hydrogen-bond donors (Lipinski definition) is 0. The van der Waals surface area contributed by atoms with Crippen molar-refractivity contribution in [2.75, 3.05) is 11.5 Å². The van der Waals surface area contributed by atoms with Gasteiger partial charge in [0.1, 0.15) is 5.70 Å². The fourth-order valence-corrected chi connectivity index (χ4v) is 1.53. The molecule has 18 heavy (non-hydrogen) atoms. The van der Waals surface area contributed by atoms with Crippen molar-refractivity contribution in [1.29, 1.82) is 0 Å². The molecule has 4 heteroatoms. The molecule has 0 unspecified atom stereocenters. The Balaban J connectivity index is 3.03. The van der Waals surface area contributed by atoms with E-state index in [1.165, 1.54) is 11.8 Å². The summed E-state index contributed by atoms with van der Waals surface area (Å²) in [6, 6.07) is 7.26. The predicted molar refractivity (Wildman–Crippen MR) is 70.1 cm³/mol. The van der Waals surface area contributed by atoms with Crippen LogP contribution in [0, 0.1) is 6.92 Å². The normalized spacial score (nSPS) is 9.72. The molecule has 0 radical (unpaired) electrons. The van der Waals surface area contributed by atoms with Crippen LogP contribution < -0.4 is 4.90 Å². The Morgan fingerprint density at radius 2 is 1.83 bits per heavy atom. The van der Waals surface area contributed by atoms with Crippen molar-refractivity contribution in [3.63, 3.8) is 0 Å². The molecule has 1 rings (SSSR count). The van der Waals surface area contributed by atoms with Crippen LogP contribution in [0.2, 0.25) is 0 Å². The number of esters is 1. The molecule has 0 atom stereocenters. The minimum absolute atomic E-state index is 0.0215. The first-order valence-corrected chi connectivity index (χ1v) is 5.70. The minimum Gasteiger partial charge on any atom is -0.461 e. The van der Waals surface area contributed by atoms with E-state index < -0.39 is 5.97 Å². The molecule has 4 nitrogen and oxygen atoms in total. The number of ether oxygens (including phenoxy) is 1. The number of carbonyl (C=O) groups is 2. The highest BCUT2D eigenvalue weighted by Crippen LogP contribution is 2.20. The Hall–Kier alpha value is -2.10. The smallest absolute Gasteiger partial charge is 0.354 e. The average Bonchev–Trinajstić information content (AvgIpc) is 2.31. The average molecular weight is 247 g/mol. The van der Waals surface area contributed by atoms with Crippen LogP contribution in [-0.2, 0) is 14.3 Å². The second kappa shape index (κ2) is 6.00. The van der Waals surface area contributed by atoms with E-state index in [1.807, 2.05) is 19.1 Å². The van der Waals surface area contributed by atoms with Gasteiger partial charge in [0.25, 0.3) is 0 Å². The lowest BCUT2D eigenvalue weighted by molar-refractivity contribution is -0.139. The molecule has 0 saturated heterocycles. The summed E-state index contributed by atoms with van der Waals surface area (Å²) in [6.07, 6.45) is 0. The van der Waals surface area contributed by atoms with Crippen LogP contribution in [0.4, 0.5) is 5.69 Å². The van der Waals surface area contributed by atoms with Crippen molar-refractivity contribution >= 4 is 17.6 Å². The number of rotatable bonds is 4. The summed E-state index contributed by atoms with van der Waals surface area (Å²) in [5, 5.41) is 0. The summed E-state index contributed by atoms with van der Waals surface area (Å²) < 4.78 is 4.85. The third-order valence-electron chi connectivity index (χ3n) is 2.39. The van der Waals surface area contributed by atoms with E-state index in [9.17, 15) is 9.59 Å². The van der Waals surface area contributed by atoms with Gasteiger partial charge < -0.3 is 4.74 Å². The van der Waals surface area contributed by atoms with Crippen molar-refractivity contribution in [2.24, 2.45) is 0 Å². The summed E-state index contributed by atoms with van der Waals surface area (Å²) in [5.41, 5.74) is 1.70. The molecule has 0 aliphatic heterocycles. The van der Waals surface area contributed by atoms with Crippen molar-refractivity contribution < 1.29 is 14.3 Å². The molecule has 1 amide bonds. The summed E-state index contributed by atoms with van der Waals surface area (Å²) in [7, 11) is 0. The van der Waals surface area contributed by atoms with E-state index in [1.54, 1.807) is 19.1 Å². The fraction of sp³-hybridized carbons (Fsp3) is 0.286. The maximum absolute atomic E-state index is 11.6. The van der Waals surface area contributed by atoms with E-state index in [0.29, 0.717) is 5.69 Å². The van der Waals surface area contributed by atoms with Gasteiger partial charge >= 0.3 is 5.97 Å². The maximum atomic E-state index is 11.6. The Kier molecular flexibility index (Phi) is 4.66. The lowest BCUT2D eigenvalue weighted by Gasteiger charge is -2.22. The van der Waals surface area contributed by atoms with E-state index in [0.717, 1.165) is 5.56 Å². The van der Waals surface area contributed by atoms with E-state index in [-0.39, 0.29) is 18.2 Å². The number of aryl methyl sites for hydroxylation is 1. The summed E-state index contributed by atoms with van der Waals surface area (Å²) in [4.78, 5) is 24.5. The first-order valence-electron chi connectivity index (χ1n) is 5.70. The van der Waals surface area contributed by atoms with E-state index in [2.05, 4.69) is 6.58 Å². The SMILES string of the molecule is C=C(C(=O)OCC)N(C(C)=O)c1ccc(C)cc1. The van der Waals surface area contributed by atoms with Crippen LogP contribution in [0.25, 0.3) is 0 Å². The molecule has 0 aromatic heterocycles. The van der Waals surface area contributed by atoms with Crippen LogP contribution in [0.1, 0.15) is 19.4 Å². The van der Waals surface area contributed by atoms with Crippen molar-refractivity contribution in [3.8, 4) is 0 Å². The highest BCUT2D eigenvalue weighted by atomic mass is 16.5. The van der Waals surface area contributed by atoms with Gasteiger partial charge in [0.2, 0.25) is 5.91 Å². The van der Waals surface area contributed by atoms with Gasteiger partial charge in [-0.2, -0.15) is 0 Å². The topological polar surface area (TPSA) is 46.6 Å². The minimum atomic E-state index is -0.590. The molecular formula is C14H17NO3. The number of hydrogen-bond acceptors (Lipinski definition) is 3. The van der Waals surface area contributed by atoms with Crippen LogP contribution >= 0.6 is 0 Å². The number of nitrogens with zero attached hydrogens (tertiary/aromatic N) is 1. The highest BCUT2D eigenvalue weighted by molar-refractivity contribution is 6.05. The van der Waals surface area contributed by atoms with Crippen molar-refractivity contribution in [1.82, 2.24) is 0 Å². The van der Waals surface area contributed by atoms with Gasteiger partial charge in [-0.05, 0) is 26.0 Å². The van der Waals surface area contributed by atoms with Crippen LogP contribution in [0.5, 0.6) is 0 Å². The maximum Gasteiger partial charge on any atom is 0.354 e. The molecule has 96 valence electrons. The van der Waals surface area contributed by atoms with Gasteiger partial charge in [0, 0.05) is 12.6 Å². The zero-order valence-corrected chi connectivity index (χ0v) is 10.9. The highest BCUT2D eigenvalue weighted by Gasteiger charge is 2.21. The molecule has 1 aromatic rings. The third kappa shape index (κ3) is 3.20. The Labute approximate surface area is 107 Å². The zero-order chi connectivity index (χ0) is 13.7. The number of benzene rings is 1. The van der Waals surface area contributed by atoms with Gasteiger partial charge in [-0.1, -0.05) is 24.3 Å². The van der Waals surface area contributed by atoms with Crippen molar-refractivity contribution in [2.45, 2.75) is 20.8 Å². The molecule has 0 aliphatic rings. The molecule has 0 spiro atoms. The van der Waals surface area contributed by atoms with E-state index in [4.69, 9.17) is 4.74 Å². The van der Waals surface area contributed by atoms with Crippen LogP contribution in [0.15, 0.2) is 36.5 Å². The molecular weight excluding hydrogens is 230 g/mol. The predicted octanol–water partition coefficient (Wildman–Crippen LogP) is 2.42. The van der Waals surface area contributed by atoms with Gasteiger partial charge in [0.05, 0.1) is 6.61 Å². The Morgan fingerprint density at radius 1 is 1.28 bits per heavy atom. The third-order valence-corrected chi connectivity index (χ3v) is 2.39. The monoisotopic (exact) mass is 247 g/mol. The number of anilines is 1. The number of amides is 1. The number of carbonyl (C=O) groups excluding carboxylic acids is 2. The molecule has 0 bridgehead atoms. The van der Waals surface area contributed by atoms with Gasteiger partial charge in [-0.25, -0.2) is 4.79 Å². The second-order valence-electron chi connectivity index (χ2n) is 3.86. The molecule has 0 aliphatic carbocycles. The van der Waals surface area contributed by atoms with Gasteiger partial charge in [-0.15, -0.1) is 0 Å². The summed E-state index contributed by atoms with van der Waals surface area (Å²) in [6.45, 7) is 8.90. The first-order chi connectivity index (χ1) is 8.47. The molecule has 0 fully saturated rings. The standard InChI is InChI=1S/C14H17NO3/c1-5-18-14(17)11(3)15(12(4)16)13-8-6-10(2)7-9-13/h6-9H,3,5H2,1-2,4H3. The Bertz CT molecular complexity index is 462.